The fourth-order valence-corrected chi connectivity index (χ4v) is 3.29. The molecule has 1 aromatic rings. The maximum absolute atomic E-state index is 12.5. The molecular formula is C21H35ClN2O4. The highest BCUT2D eigenvalue weighted by molar-refractivity contribution is 5.85. The van der Waals surface area contributed by atoms with Crippen molar-refractivity contribution in [3.8, 4) is 5.75 Å². The van der Waals surface area contributed by atoms with E-state index in [1.54, 1.807) is 18.2 Å². The second-order valence-corrected chi connectivity index (χ2v) is 7.13. The number of hydrogen-bond donors (Lipinski definition) is 1. The molecule has 6 nitrogen and oxygen atoms in total. The van der Waals surface area contributed by atoms with Crippen LogP contribution in [0.15, 0.2) is 24.3 Å². The summed E-state index contributed by atoms with van der Waals surface area (Å²) in [7, 11) is 0. The summed E-state index contributed by atoms with van der Waals surface area (Å²) < 4.78 is 11.0. The van der Waals surface area contributed by atoms with Gasteiger partial charge < -0.3 is 14.7 Å². The number of para-hydroxylation sites is 2. The quantitative estimate of drug-likeness (QED) is 0.436. The molecule has 7 heteroatoms. The van der Waals surface area contributed by atoms with E-state index in [0.717, 1.165) is 25.9 Å². The monoisotopic (exact) mass is 414 g/mol. The van der Waals surface area contributed by atoms with Crippen LogP contribution in [0.3, 0.4) is 0 Å². The molecule has 1 saturated heterocycles. The van der Waals surface area contributed by atoms with Crippen molar-refractivity contribution in [3.63, 3.8) is 0 Å². The lowest BCUT2D eigenvalue weighted by Gasteiger charge is -2.26. The van der Waals surface area contributed by atoms with Crippen molar-refractivity contribution in [3.05, 3.63) is 29.5 Å². The highest BCUT2D eigenvalue weighted by atomic mass is 35.5. The molecule has 1 amide bonds. The van der Waals surface area contributed by atoms with E-state index in [0.29, 0.717) is 18.9 Å². The molecule has 2 rings (SSSR count). The maximum atomic E-state index is 12.5. The summed E-state index contributed by atoms with van der Waals surface area (Å²) >= 11 is 0. The number of likely N-dealkylation sites (tertiary alicyclic amines) is 1. The number of nitrogens with zero attached hydrogens (tertiary/aromatic N) is 1. The average Bonchev–Trinajstić information content (AvgIpc) is 2.71. The lowest BCUT2D eigenvalue weighted by molar-refractivity contribution is -0.692. The Bertz CT molecular complexity index is 553. The minimum Gasteiger partial charge on any atom is -0.618 e. The zero-order valence-corrected chi connectivity index (χ0v) is 17.8. The van der Waals surface area contributed by atoms with Crippen molar-refractivity contribution in [2.45, 2.75) is 58.3 Å². The summed E-state index contributed by atoms with van der Waals surface area (Å²) in [5.41, 5.74) is 0.286. The van der Waals surface area contributed by atoms with E-state index in [9.17, 15) is 10.0 Å². The molecule has 0 aromatic heterocycles. The number of benzene rings is 1. The predicted molar refractivity (Wildman–Crippen MR) is 114 cm³/mol. The molecule has 0 spiro atoms. The Morgan fingerprint density at radius 1 is 1.07 bits per heavy atom. The van der Waals surface area contributed by atoms with E-state index in [4.69, 9.17) is 9.47 Å². The van der Waals surface area contributed by atoms with Crippen LogP contribution >= 0.6 is 12.4 Å². The number of carbonyl (C=O) groups excluding carboxylic acids is 1. The molecule has 1 aliphatic heterocycles. The number of amides is 1. The van der Waals surface area contributed by atoms with Gasteiger partial charge in [-0.05, 0) is 38.4 Å². The van der Waals surface area contributed by atoms with Crippen LogP contribution in [0.25, 0.3) is 0 Å². The molecule has 1 fully saturated rings. The van der Waals surface area contributed by atoms with Gasteiger partial charge in [0.25, 0.3) is 0 Å². The fourth-order valence-electron chi connectivity index (χ4n) is 3.29. The van der Waals surface area contributed by atoms with Gasteiger partial charge in [0.1, 0.15) is 6.61 Å². The van der Waals surface area contributed by atoms with Crippen LogP contribution in [0, 0.1) is 5.21 Å². The summed E-state index contributed by atoms with van der Waals surface area (Å²) in [5.74, 6) is 0.464. The highest BCUT2D eigenvalue weighted by Gasteiger charge is 2.20. The third-order valence-electron chi connectivity index (χ3n) is 4.91. The van der Waals surface area contributed by atoms with Gasteiger partial charge in [0.05, 0.1) is 6.61 Å². The van der Waals surface area contributed by atoms with Crippen LogP contribution in [-0.4, -0.2) is 43.8 Å². The molecule has 1 heterocycles. The zero-order valence-electron chi connectivity index (χ0n) is 17.0. The topological polar surface area (TPSA) is 66.3 Å². The summed E-state index contributed by atoms with van der Waals surface area (Å²) in [6.45, 7) is 5.77. The first-order valence-corrected chi connectivity index (χ1v) is 10.4. The number of nitrogens with one attached hydrogen (secondary N) is 1. The first-order valence-electron chi connectivity index (χ1n) is 10.4. The maximum Gasteiger partial charge on any atom is 0.519 e. The minimum absolute atomic E-state index is 0. The van der Waals surface area contributed by atoms with Crippen molar-refractivity contribution < 1.29 is 19.3 Å². The van der Waals surface area contributed by atoms with Gasteiger partial charge in [-0.15, -0.1) is 12.4 Å². The van der Waals surface area contributed by atoms with E-state index >= 15 is 0 Å². The Kier molecular flexibility index (Phi) is 12.9. The Balaban J connectivity index is 0.00000392. The highest BCUT2D eigenvalue weighted by Crippen LogP contribution is 2.20. The SMILES string of the molecule is CCCCCCCOc1ccccc1[NH+]([O-])C(=O)OCCN1CCCCC1.Cl. The number of unbranched alkanes of at least 4 members (excludes halogenated alkanes) is 4. The second kappa shape index (κ2) is 14.6. The summed E-state index contributed by atoms with van der Waals surface area (Å²) in [6, 6.07) is 6.91. The van der Waals surface area contributed by atoms with Crippen molar-refractivity contribution in [2.75, 3.05) is 32.8 Å². The van der Waals surface area contributed by atoms with Gasteiger partial charge in [-0.2, -0.15) is 4.79 Å². The third-order valence-corrected chi connectivity index (χ3v) is 4.91. The van der Waals surface area contributed by atoms with Gasteiger partial charge in [-0.25, -0.2) is 5.06 Å². The van der Waals surface area contributed by atoms with Crippen LogP contribution < -0.4 is 9.80 Å². The molecule has 1 aliphatic rings. The van der Waals surface area contributed by atoms with Crippen LogP contribution in [0.4, 0.5) is 10.5 Å². The van der Waals surface area contributed by atoms with Crippen LogP contribution in [0.5, 0.6) is 5.75 Å². The van der Waals surface area contributed by atoms with Crippen molar-refractivity contribution in [1.82, 2.24) is 4.90 Å². The fraction of sp³-hybridized carbons (Fsp3) is 0.667. The average molecular weight is 415 g/mol. The van der Waals surface area contributed by atoms with Gasteiger partial charge in [0, 0.05) is 12.6 Å². The molecule has 1 N–H and O–H groups in total. The number of hydrogen-bond acceptors (Lipinski definition) is 5. The molecule has 1 aromatic carbocycles. The Labute approximate surface area is 175 Å². The number of quaternary nitrogens is 1. The van der Waals surface area contributed by atoms with Crippen molar-refractivity contribution >= 4 is 24.2 Å². The minimum atomic E-state index is -0.800. The standard InChI is InChI=1S/C21H34N2O4.ClH/c1-2-3-4-5-11-17-26-20-13-8-7-12-19(20)23(25)21(24)27-18-16-22-14-9-6-10-15-22;/h7-8,12-13,23H,2-6,9-11,14-18H2,1H3;1H. The van der Waals surface area contributed by atoms with Crippen molar-refractivity contribution in [2.24, 2.45) is 0 Å². The van der Waals surface area contributed by atoms with Gasteiger partial charge >= 0.3 is 6.09 Å². The molecular weight excluding hydrogens is 380 g/mol. The molecule has 0 saturated carbocycles. The number of hydroxylamine groups is 1. The van der Waals surface area contributed by atoms with E-state index in [1.807, 2.05) is 6.07 Å². The number of halogens is 1. The van der Waals surface area contributed by atoms with Gasteiger partial charge in [0.15, 0.2) is 11.4 Å². The summed E-state index contributed by atoms with van der Waals surface area (Å²) in [6.07, 6.45) is 8.55. The first-order chi connectivity index (χ1) is 13.2. The first kappa shape index (κ1) is 24.7. The summed E-state index contributed by atoms with van der Waals surface area (Å²) in [4.78, 5) is 14.4. The number of piperidine rings is 1. The zero-order chi connectivity index (χ0) is 19.3. The second-order valence-electron chi connectivity index (χ2n) is 7.13. The van der Waals surface area contributed by atoms with Gasteiger partial charge in [0.2, 0.25) is 0 Å². The molecule has 1 atom stereocenters. The molecule has 0 aliphatic carbocycles. The smallest absolute Gasteiger partial charge is 0.519 e. The normalized spacial score (nSPS) is 15.5. The third kappa shape index (κ3) is 8.78. The number of carbonyl (C=O) groups is 1. The van der Waals surface area contributed by atoms with E-state index in [1.165, 1.54) is 38.5 Å². The van der Waals surface area contributed by atoms with Crippen molar-refractivity contribution in [1.29, 1.82) is 0 Å². The van der Waals surface area contributed by atoms with Gasteiger partial charge in [-0.1, -0.05) is 51.2 Å². The van der Waals surface area contributed by atoms with Gasteiger partial charge in [-0.3, -0.25) is 4.90 Å². The van der Waals surface area contributed by atoms with Crippen LogP contribution in [-0.2, 0) is 4.74 Å². The van der Waals surface area contributed by atoms with E-state index in [2.05, 4.69) is 11.8 Å². The molecule has 1 unspecified atom stereocenters. The number of rotatable bonds is 11. The van der Waals surface area contributed by atoms with Crippen LogP contribution in [0.1, 0.15) is 58.3 Å². The lowest BCUT2D eigenvalue weighted by atomic mass is 10.1. The summed E-state index contributed by atoms with van der Waals surface area (Å²) in [5, 5.41) is 11.8. The molecule has 0 bridgehead atoms. The Hall–Kier alpha value is -1.34. The predicted octanol–water partition coefficient (Wildman–Crippen LogP) is 4.09. The van der Waals surface area contributed by atoms with Crippen LogP contribution in [0.2, 0.25) is 0 Å². The largest absolute Gasteiger partial charge is 0.618 e. The van der Waals surface area contributed by atoms with E-state index < -0.39 is 11.2 Å². The molecule has 160 valence electrons. The lowest BCUT2D eigenvalue weighted by Crippen LogP contribution is -3.05. The Morgan fingerprint density at radius 3 is 2.54 bits per heavy atom. The van der Waals surface area contributed by atoms with E-state index in [-0.39, 0.29) is 24.7 Å². The number of ether oxygens (including phenoxy) is 2. The molecule has 28 heavy (non-hydrogen) atoms. The Morgan fingerprint density at radius 2 is 1.79 bits per heavy atom. The molecule has 0 radical (unpaired) electrons.